The first-order valence-electron chi connectivity index (χ1n) is 5.05. The van der Waals surface area contributed by atoms with Crippen LogP contribution >= 0.6 is 11.8 Å². The van der Waals surface area contributed by atoms with Crippen molar-refractivity contribution in [2.24, 2.45) is 5.41 Å². The zero-order valence-electron chi connectivity index (χ0n) is 9.70. The van der Waals surface area contributed by atoms with Gasteiger partial charge in [0.25, 0.3) is 5.56 Å². The van der Waals surface area contributed by atoms with E-state index in [0.29, 0.717) is 10.9 Å². The Hall–Kier alpha value is -1.28. The molecule has 0 aliphatic heterocycles. The third kappa shape index (κ3) is 4.07. The number of aryl methyl sites for hydroxylation is 1. The summed E-state index contributed by atoms with van der Waals surface area (Å²) in [5.74, 6) is 0.771. The quantitative estimate of drug-likeness (QED) is 0.643. The summed E-state index contributed by atoms with van der Waals surface area (Å²) in [5, 5.41) is 9.47. The van der Waals surface area contributed by atoms with Gasteiger partial charge in [0.15, 0.2) is 5.16 Å². The molecule has 0 fully saturated rings. The van der Waals surface area contributed by atoms with Crippen molar-refractivity contribution in [2.75, 3.05) is 5.75 Å². The number of aromatic amines is 1. The number of nitrogens with one attached hydrogen (secondary N) is 1. The van der Waals surface area contributed by atoms with Crippen molar-refractivity contribution in [3.63, 3.8) is 0 Å². The zero-order chi connectivity index (χ0) is 12.2. The van der Waals surface area contributed by atoms with Crippen molar-refractivity contribution < 1.29 is 0 Å². The second kappa shape index (κ2) is 5.17. The third-order valence-corrected chi connectivity index (χ3v) is 2.99. The summed E-state index contributed by atoms with van der Waals surface area (Å²) in [6.07, 6.45) is 0.770. The maximum Gasteiger partial charge on any atom is 0.251 e. The molecular formula is C11H15N3OS. The summed E-state index contributed by atoms with van der Waals surface area (Å²) >= 11 is 1.47. The summed E-state index contributed by atoms with van der Waals surface area (Å²) in [6, 6.07) is 3.71. The lowest BCUT2D eigenvalue weighted by molar-refractivity contribution is 0.482. The number of hydrogen-bond acceptors (Lipinski definition) is 4. The standard InChI is InChI=1S/C11H15N3OS/c1-8-6-9(15)14-10(13-8)16-5-4-11(2,3)7-12/h6H,4-5H2,1-3H3,(H,13,14,15). The summed E-state index contributed by atoms with van der Waals surface area (Å²) in [6.45, 7) is 5.60. The average molecular weight is 237 g/mol. The molecule has 86 valence electrons. The van der Waals surface area contributed by atoms with Crippen LogP contribution in [0.15, 0.2) is 16.0 Å². The maximum absolute atomic E-state index is 11.2. The van der Waals surface area contributed by atoms with Gasteiger partial charge in [-0.3, -0.25) is 4.79 Å². The largest absolute Gasteiger partial charge is 0.301 e. The van der Waals surface area contributed by atoms with E-state index in [1.54, 1.807) is 6.92 Å². The Bertz CT molecular complexity index is 459. The second-order valence-corrected chi connectivity index (χ2v) is 5.37. The highest BCUT2D eigenvalue weighted by Crippen LogP contribution is 2.23. The number of thioether (sulfide) groups is 1. The van der Waals surface area contributed by atoms with Crippen molar-refractivity contribution in [1.82, 2.24) is 9.97 Å². The van der Waals surface area contributed by atoms with Gasteiger partial charge >= 0.3 is 0 Å². The van der Waals surface area contributed by atoms with Crippen LogP contribution < -0.4 is 5.56 Å². The van der Waals surface area contributed by atoms with E-state index < -0.39 is 0 Å². The molecule has 1 heterocycles. The van der Waals surface area contributed by atoms with Crippen LogP contribution in [0.2, 0.25) is 0 Å². The highest BCUT2D eigenvalue weighted by Gasteiger charge is 2.16. The Labute approximate surface area is 99.1 Å². The van der Waals surface area contributed by atoms with Crippen molar-refractivity contribution in [1.29, 1.82) is 5.26 Å². The third-order valence-electron chi connectivity index (χ3n) is 2.12. The van der Waals surface area contributed by atoms with Crippen LogP contribution in [-0.2, 0) is 0 Å². The number of nitriles is 1. The number of hydrogen-bond donors (Lipinski definition) is 1. The van der Waals surface area contributed by atoms with E-state index in [4.69, 9.17) is 5.26 Å². The molecule has 0 radical (unpaired) electrons. The second-order valence-electron chi connectivity index (χ2n) is 4.29. The Morgan fingerprint density at radius 3 is 2.88 bits per heavy atom. The molecule has 1 rings (SSSR count). The van der Waals surface area contributed by atoms with Crippen molar-refractivity contribution in [3.8, 4) is 6.07 Å². The predicted octanol–water partition coefficient (Wildman–Crippen LogP) is 2.11. The average Bonchev–Trinajstić information content (AvgIpc) is 2.16. The lowest BCUT2D eigenvalue weighted by Crippen LogP contribution is -2.11. The van der Waals surface area contributed by atoms with Gasteiger partial charge < -0.3 is 4.98 Å². The zero-order valence-corrected chi connectivity index (χ0v) is 10.5. The van der Waals surface area contributed by atoms with Crippen LogP contribution in [-0.4, -0.2) is 15.7 Å². The molecule has 16 heavy (non-hydrogen) atoms. The molecule has 4 nitrogen and oxygen atoms in total. The van der Waals surface area contributed by atoms with Gasteiger partial charge in [0.1, 0.15) is 0 Å². The maximum atomic E-state index is 11.2. The van der Waals surface area contributed by atoms with Gasteiger partial charge in [-0.15, -0.1) is 0 Å². The molecule has 0 unspecified atom stereocenters. The molecule has 0 spiro atoms. The fourth-order valence-corrected chi connectivity index (χ4v) is 2.27. The minimum atomic E-state index is -0.322. The number of H-pyrrole nitrogens is 1. The molecule has 1 aromatic rings. The topological polar surface area (TPSA) is 69.5 Å². The summed E-state index contributed by atoms with van der Waals surface area (Å²) in [7, 11) is 0. The SMILES string of the molecule is Cc1cc(=O)[nH]c(SCCC(C)(C)C#N)n1. The van der Waals surface area contributed by atoms with Gasteiger partial charge in [0.05, 0.1) is 11.5 Å². The normalized spacial score (nSPS) is 11.1. The number of rotatable bonds is 4. The molecule has 0 bridgehead atoms. The molecule has 5 heteroatoms. The van der Waals surface area contributed by atoms with E-state index in [-0.39, 0.29) is 11.0 Å². The molecular weight excluding hydrogens is 222 g/mol. The van der Waals surface area contributed by atoms with Gasteiger partial charge in [-0.25, -0.2) is 4.98 Å². The highest BCUT2D eigenvalue weighted by atomic mass is 32.2. The fraction of sp³-hybridized carbons (Fsp3) is 0.545. The smallest absolute Gasteiger partial charge is 0.251 e. The summed E-state index contributed by atoms with van der Waals surface area (Å²) < 4.78 is 0. The van der Waals surface area contributed by atoms with Gasteiger partial charge in [-0.05, 0) is 27.2 Å². The molecule has 0 saturated carbocycles. The van der Waals surface area contributed by atoms with Crippen molar-refractivity contribution in [2.45, 2.75) is 32.3 Å². The summed E-state index contributed by atoms with van der Waals surface area (Å²) in [5.41, 5.74) is 0.261. The Kier molecular flexibility index (Phi) is 4.13. The lowest BCUT2D eigenvalue weighted by Gasteiger charge is -2.13. The van der Waals surface area contributed by atoms with Crippen LogP contribution in [0.1, 0.15) is 26.0 Å². The van der Waals surface area contributed by atoms with Crippen LogP contribution in [0.3, 0.4) is 0 Å². The Balaban J connectivity index is 2.56. The van der Waals surface area contributed by atoms with E-state index >= 15 is 0 Å². The van der Waals surface area contributed by atoms with E-state index in [0.717, 1.165) is 12.2 Å². The van der Waals surface area contributed by atoms with E-state index in [1.165, 1.54) is 17.8 Å². The minimum Gasteiger partial charge on any atom is -0.301 e. The van der Waals surface area contributed by atoms with E-state index in [9.17, 15) is 4.79 Å². The molecule has 0 atom stereocenters. The minimum absolute atomic E-state index is 0.130. The molecule has 0 aliphatic carbocycles. The van der Waals surface area contributed by atoms with Gasteiger partial charge in [0.2, 0.25) is 0 Å². The monoisotopic (exact) mass is 237 g/mol. The van der Waals surface area contributed by atoms with Gasteiger partial charge in [-0.2, -0.15) is 5.26 Å². The first-order valence-corrected chi connectivity index (χ1v) is 6.03. The Morgan fingerprint density at radius 1 is 1.62 bits per heavy atom. The Morgan fingerprint density at radius 2 is 2.31 bits per heavy atom. The fourth-order valence-electron chi connectivity index (χ4n) is 1.08. The van der Waals surface area contributed by atoms with E-state index in [1.807, 2.05) is 13.8 Å². The van der Waals surface area contributed by atoms with Crippen LogP contribution in [0, 0.1) is 23.7 Å². The van der Waals surface area contributed by atoms with Crippen molar-refractivity contribution in [3.05, 3.63) is 22.1 Å². The highest BCUT2D eigenvalue weighted by molar-refractivity contribution is 7.99. The van der Waals surface area contributed by atoms with Crippen LogP contribution in [0.25, 0.3) is 0 Å². The van der Waals surface area contributed by atoms with Crippen LogP contribution in [0.4, 0.5) is 0 Å². The van der Waals surface area contributed by atoms with Crippen LogP contribution in [0.5, 0.6) is 0 Å². The molecule has 1 N–H and O–H groups in total. The molecule has 0 aliphatic rings. The van der Waals surface area contributed by atoms with E-state index in [2.05, 4.69) is 16.0 Å². The number of aromatic nitrogens is 2. The van der Waals surface area contributed by atoms with Crippen molar-refractivity contribution >= 4 is 11.8 Å². The predicted molar refractivity (Wildman–Crippen MR) is 64.3 cm³/mol. The van der Waals surface area contributed by atoms with Gasteiger partial charge in [-0.1, -0.05) is 11.8 Å². The molecule has 0 aromatic carbocycles. The molecule has 1 aromatic heterocycles. The summed E-state index contributed by atoms with van der Waals surface area (Å²) in [4.78, 5) is 18.0. The van der Waals surface area contributed by atoms with Gasteiger partial charge in [0, 0.05) is 17.5 Å². The first kappa shape index (κ1) is 12.8. The molecule has 0 amide bonds. The first-order chi connectivity index (χ1) is 7.43. The number of nitrogens with zero attached hydrogens (tertiary/aromatic N) is 2. The molecule has 0 saturated heterocycles. The lowest BCUT2D eigenvalue weighted by atomic mass is 9.93.